The molecule has 122 valence electrons. The monoisotopic (exact) mass is 437 g/mol. The Bertz CT molecular complexity index is 610. The molecule has 1 atom stereocenters. The third-order valence-corrected chi connectivity index (χ3v) is 4.09. The Morgan fingerprint density at radius 3 is 2.27 bits per heavy atom. The van der Waals surface area contributed by atoms with Crippen molar-refractivity contribution in [3.63, 3.8) is 0 Å². The first-order valence-corrected chi connectivity index (χ1v) is 7.96. The van der Waals surface area contributed by atoms with Crippen molar-refractivity contribution in [2.24, 2.45) is 0 Å². The number of carbonyl (C=O) groups excluding carboxylic acids is 1. The molecule has 0 aliphatic rings. The molecular formula is C14H17Br2NO5. The third-order valence-electron chi connectivity index (χ3n) is 2.83. The molecule has 22 heavy (non-hydrogen) atoms. The van der Waals surface area contributed by atoms with E-state index in [1.165, 1.54) is 13.2 Å². The van der Waals surface area contributed by atoms with Crippen LogP contribution in [0, 0.1) is 17.0 Å². The molecular weight excluding hydrogens is 422 g/mol. The number of ether oxygens (including phenoxy) is 2. The highest BCUT2D eigenvalue weighted by atomic mass is 79.9. The van der Waals surface area contributed by atoms with Gasteiger partial charge in [-0.25, -0.2) is 4.79 Å². The zero-order chi connectivity index (χ0) is 17.2. The van der Waals surface area contributed by atoms with Crippen molar-refractivity contribution in [3.05, 3.63) is 36.3 Å². The lowest BCUT2D eigenvalue weighted by Gasteiger charge is -2.27. The van der Waals surface area contributed by atoms with Gasteiger partial charge in [-0.15, -0.1) is 0 Å². The zero-order valence-corrected chi connectivity index (χ0v) is 16.1. The maximum atomic E-state index is 12.1. The van der Waals surface area contributed by atoms with Gasteiger partial charge in [-0.05, 0) is 49.7 Å². The van der Waals surface area contributed by atoms with Crippen molar-refractivity contribution in [3.8, 4) is 0 Å². The Labute approximate surface area is 145 Å². The van der Waals surface area contributed by atoms with Crippen LogP contribution in [0.5, 0.6) is 0 Å². The second-order valence-corrected chi connectivity index (χ2v) is 7.33. The van der Waals surface area contributed by atoms with Gasteiger partial charge in [0.2, 0.25) is 0 Å². The summed E-state index contributed by atoms with van der Waals surface area (Å²) in [5.74, 6) is -0.615. The summed E-state index contributed by atoms with van der Waals surface area (Å²) in [6, 6.07) is 1.53. The van der Waals surface area contributed by atoms with Gasteiger partial charge < -0.3 is 9.47 Å². The normalized spacial score (nSPS) is 12.9. The molecule has 0 aliphatic carbocycles. The van der Waals surface area contributed by atoms with Crippen LogP contribution in [-0.4, -0.2) is 23.6 Å². The molecule has 0 spiro atoms. The summed E-state index contributed by atoms with van der Waals surface area (Å²) in [5, 5.41) is 11.3. The topological polar surface area (TPSA) is 78.7 Å². The molecule has 8 heteroatoms. The van der Waals surface area contributed by atoms with Crippen LogP contribution < -0.4 is 0 Å². The Morgan fingerprint density at radius 1 is 1.32 bits per heavy atom. The van der Waals surface area contributed by atoms with E-state index in [9.17, 15) is 14.9 Å². The Morgan fingerprint density at radius 2 is 1.86 bits per heavy atom. The predicted molar refractivity (Wildman–Crippen MR) is 88.8 cm³/mol. The average molecular weight is 439 g/mol. The molecule has 0 aliphatic heterocycles. The number of nitrogens with zero attached hydrogens (tertiary/aromatic N) is 1. The van der Waals surface area contributed by atoms with Gasteiger partial charge in [0.15, 0.2) is 6.10 Å². The van der Waals surface area contributed by atoms with Crippen molar-refractivity contribution in [2.75, 3.05) is 7.11 Å². The van der Waals surface area contributed by atoms with E-state index in [1.54, 1.807) is 27.7 Å². The first kappa shape index (κ1) is 19.1. The van der Waals surface area contributed by atoms with Crippen LogP contribution in [0.2, 0.25) is 0 Å². The lowest BCUT2D eigenvalue weighted by Crippen LogP contribution is -2.29. The smallest absolute Gasteiger partial charge is 0.339 e. The zero-order valence-electron chi connectivity index (χ0n) is 12.9. The predicted octanol–water partition coefficient (Wildman–Crippen LogP) is 4.46. The Balaban J connectivity index is 3.58. The van der Waals surface area contributed by atoms with Crippen LogP contribution in [-0.2, 0) is 14.3 Å². The fourth-order valence-corrected chi connectivity index (χ4v) is 3.69. The van der Waals surface area contributed by atoms with E-state index < -0.39 is 22.6 Å². The summed E-state index contributed by atoms with van der Waals surface area (Å²) in [6.07, 6.45) is -1.06. The summed E-state index contributed by atoms with van der Waals surface area (Å²) in [5.41, 5.74) is -0.0146. The van der Waals surface area contributed by atoms with Crippen LogP contribution in [0.4, 0.5) is 5.69 Å². The summed E-state index contributed by atoms with van der Waals surface area (Å²) >= 11 is 6.52. The number of esters is 1. The molecule has 0 saturated carbocycles. The molecule has 0 N–H and O–H groups in total. The summed E-state index contributed by atoms with van der Waals surface area (Å²) in [4.78, 5) is 22.9. The van der Waals surface area contributed by atoms with Gasteiger partial charge in [0, 0.05) is 15.6 Å². The van der Waals surface area contributed by atoms with E-state index in [0.29, 0.717) is 20.1 Å². The van der Waals surface area contributed by atoms with Crippen molar-refractivity contribution in [1.82, 2.24) is 0 Å². The SMILES string of the molecule is COC(=O)[C@@H](OC(C)(C)C)c1c(Br)cc(Br)c([N+](=O)[O-])c1C. The number of nitro benzene ring substituents is 1. The van der Waals surface area contributed by atoms with Gasteiger partial charge in [-0.2, -0.15) is 0 Å². The number of methoxy groups -OCH3 is 1. The number of halogens is 2. The molecule has 6 nitrogen and oxygen atoms in total. The van der Waals surface area contributed by atoms with Crippen LogP contribution >= 0.6 is 31.9 Å². The minimum absolute atomic E-state index is 0.107. The maximum Gasteiger partial charge on any atom is 0.339 e. The fourth-order valence-electron chi connectivity index (χ4n) is 1.97. The summed E-state index contributed by atoms with van der Waals surface area (Å²) < 4.78 is 11.4. The molecule has 0 bridgehead atoms. The van der Waals surface area contributed by atoms with Gasteiger partial charge >= 0.3 is 5.97 Å². The number of hydrogen-bond donors (Lipinski definition) is 0. The highest BCUT2D eigenvalue weighted by Gasteiger charge is 2.34. The standard InChI is InChI=1S/C14H17Br2NO5/c1-7-10(8(15)6-9(16)11(7)17(19)20)12(13(18)21-5)22-14(2,3)4/h6,12H,1-5H3/t12-/m0/s1. The van der Waals surface area contributed by atoms with Crippen LogP contribution in [0.15, 0.2) is 15.0 Å². The number of nitro groups is 1. The number of carbonyl (C=O) groups is 1. The molecule has 0 fully saturated rings. The van der Waals surface area contributed by atoms with Gasteiger partial charge in [0.25, 0.3) is 5.69 Å². The minimum Gasteiger partial charge on any atom is -0.467 e. The lowest BCUT2D eigenvalue weighted by atomic mass is 10.0. The van der Waals surface area contributed by atoms with Gasteiger partial charge in [-0.1, -0.05) is 15.9 Å². The van der Waals surface area contributed by atoms with E-state index in [1.807, 2.05) is 0 Å². The average Bonchev–Trinajstić information content (AvgIpc) is 2.33. The van der Waals surface area contributed by atoms with E-state index in [2.05, 4.69) is 31.9 Å². The van der Waals surface area contributed by atoms with Crippen molar-refractivity contribution in [2.45, 2.75) is 39.4 Å². The van der Waals surface area contributed by atoms with Crippen LogP contribution in [0.1, 0.15) is 38.0 Å². The first-order valence-electron chi connectivity index (χ1n) is 6.38. The molecule has 0 heterocycles. The third kappa shape index (κ3) is 4.27. The molecule has 1 rings (SSSR count). The Kier molecular flexibility index (Phi) is 6.11. The van der Waals surface area contributed by atoms with Crippen molar-refractivity contribution in [1.29, 1.82) is 0 Å². The van der Waals surface area contributed by atoms with Crippen molar-refractivity contribution < 1.29 is 19.2 Å². The molecule has 0 saturated heterocycles. The highest BCUT2D eigenvalue weighted by molar-refractivity contribution is 9.11. The van der Waals surface area contributed by atoms with Crippen LogP contribution in [0.3, 0.4) is 0 Å². The molecule has 0 unspecified atom stereocenters. The molecule has 1 aromatic rings. The second kappa shape index (κ2) is 7.06. The lowest BCUT2D eigenvalue weighted by molar-refractivity contribution is -0.386. The van der Waals surface area contributed by atoms with E-state index in [-0.39, 0.29) is 5.69 Å². The minimum atomic E-state index is -1.06. The molecule has 1 aromatic carbocycles. The molecule has 0 aromatic heterocycles. The largest absolute Gasteiger partial charge is 0.467 e. The fraction of sp³-hybridized carbons (Fsp3) is 0.500. The molecule has 0 amide bonds. The summed E-state index contributed by atoms with van der Waals surface area (Å²) in [7, 11) is 1.25. The maximum absolute atomic E-state index is 12.1. The Hall–Kier alpha value is -0.990. The van der Waals surface area contributed by atoms with E-state index >= 15 is 0 Å². The van der Waals surface area contributed by atoms with E-state index in [0.717, 1.165) is 0 Å². The first-order chi connectivity index (χ1) is 9.99. The van der Waals surface area contributed by atoms with Gasteiger partial charge in [-0.3, -0.25) is 10.1 Å². The number of rotatable bonds is 4. The highest BCUT2D eigenvalue weighted by Crippen LogP contribution is 2.41. The molecule has 0 radical (unpaired) electrons. The number of hydrogen-bond acceptors (Lipinski definition) is 5. The van der Waals surface area contributed by atoms with Crippen molar-refractivity contribution >= 4 is 43.5 Å². The van der Waals surface area contributed by atoms with Gasteiger partial charge in [0.05, 0.1) is 22.1 Å². The van der Waals surface area contributed by atoms with E-state index in [4.69, 9.17) is 9.47 Å². The summed E-state index contributed by atoms with van der Waals surface area (Å²) in [6.45, 7) is 6.95. The van der Waals surface area contributed by atoms with Crippen LogP contribution in [0.25, 0.3) is 0 Å². The quantitative estimate of drug-likeness (QED) is 0.394. The number of benzene rings is 1. The van der Waals surface area contributed by atoms with Gasteiger partial charge in [0.1, 0.15) is 0 Å². The second-order valence-electron chi connectivity index (χ2n) is 5.62.